The van der Waals surface area contributed by atoms with Crippen LogP contribution < -0.4 is 15.8 Å². The van der Waals surface area contributed by atoms with Gasteiger partial charge in [-0.05, 0) is 40.2 Å². The number of fused-ring (bicyclic) bond motifs is 1. The lowest BCUT2D eigenvalue weighted by atomic mass is 10.1. The molecule has 3 rings (SSSR count). The van der Waals surface area contributed by atoms with E-state index in [4.69, 9.17) is 5.11 Å². The van der Waals surface area contributed by atoms with Crippen molar-refractivity contribution in [2.45, 2.75) is 6.54 Å². The average Bonchev–Trinajstić information content (AvgIpc) is 2.89. The standard InChI is InChI=1S/C15H10BrFN4O4/c16-10-4-8(17)1-2-12(10)21-6-11-9(14(21)23)3-7(5-18-11)13(22)19-20-15(24)25/h1-5,20H,6H2,(H,19,22)(H,24,25). The Hall–Kier alpha value is -3.01. The van der Waals surface area contributed by atoms with Crippen molar-refractivity contribution in [3.63, 3.8) is 0 Å². The molecule has 10 heteroatoms. The molecule has 0 bridgehead atoms. The second kappa shape index (κ2) is 6.48. The van der Waals surface area contributed by atoms with E-state index in [0.29, 0.717) is 15.9 Å². The summed E-state index contributed by atoms with van der Waals surface area (Å²) < 4.78 is 13.6. The maximum absolute atomic E-state index is 13.2. The highest BCUT2D eigenvalue weighted by atomic mass is 79.9. The first-order chi connectivity index (χ1) is 11.9. The number of hydrogen-bond donors (Lipinski definition) is 3. The van der Waals surface area contributed by atoms with Crippen molar-refractivity contribution in [1.82, 2.24) is 15.8 Å². The molecule has 25 heavy (non-hydrogen) atoms. The van der Waals surface area contributed by atoms with Crippen LogP contribution in [-0.2, 0) is 6.54 Å². The molecule has 0 atom stereocenters. The highest BCUT2D eigenvalue weighted by Crippen LogP contribution is 2.33. The fourth-order valence-electron chi connectivity index (χ4n) is 2.37. The summed E-state index contributed by atoms with van der Waals surface area (Å²) in [7, 11) is 0. The highest BCUT2D eigenvalue weighted by molar-refractivity contribution is 9.10. The summed E-state index contributed by atoms with van der Waals surface area (Å²) >= 11 is 3.22. The minimum absolute atomic E-state index is 0.0286. The SMILES string of the molecule is O=C(O)NNC(=O)c1cnc2c(c1)C(=O)N(c1ccc(F)cc1Br)C2. The molecule has 1 aromatic heterocycles. The highest BCUT2D eigenvalue weighted by Gasteiger charge is 2.31. The van der Waals surface area contributed by atoms with Crippen LogP contribution >= 0.6 is 15.9 Å². The van der Waals surface area contributed by atoms with Crippen LogP contribution in [0.4, 0.5) is 14.9 Å². The van der Waals surface area contributed by atoms with Crippen LogP contribution in [0.2, 0.25) is 0 Å². The van der Waals surface area contributed by atoms with Crippen LogP contribution in [0.3, 0.4) is 0 Å². The molecule has 0 saturated heterocycles. The molecular formula is C15H10BrFN4O4. The first kappa shape index (κ1) is 16.8. The van der Waals surface area contributed by atoms with Crippen molar-refractivity contribution in [2.24, 2.45) is 0 Å². The molecule has 1 aromatic carbocycles. The van der Waals surface area contributed by atoms with E-state index in [9.17, 15) is 18.8 Å². The fraction of sp³-hybridized carbons (Fsp3) is 0.0667. The molecule has 0 saturated carbocycles. The molecule has 0 aliphatic carbocycles. The minimum Gasteiger partial charge on any atom is -0.464 e. The van der Waals surface area contributed by atoms with Gasteiger partial charge >= 0.3 is 6.09 Å². The van der Waals surface area contributed by atoms with Gasteiger partial charge in [-0.3, -0.25) is 20.0 Å². The molecule has 2 heterocycles. The Morgan fingerprint density at radius 1 is 1.28 bits per heavy atom. The van der Waals surface area contributed by atoms with Gasteiger partial charge in [-0.1, -0.05) is 0 Å². The van der Waals surface area contributed by atoms with Gasteiger partial charge in [-0.15, -0.1) is 0 Å². The van der Waals surface area contributed by atoms with E-state index in [1.54, 1.807) is 5.43 Å². The number of carboxylic acid groups (broad SMARTS) is 1. The van der Waals surface area contributed by atoms with E-state index in [-0.39, 0.29) is 17.7 Å². The Morgan fingerprint density at radius 3 is 2.72 bits per heavy atom. The number of halogens is 2. The molecule has 1 aliphatic rings. The van der Waals surface area contributed by atoms with Crippen LogP contribution in [0.1, 0.15) is 26.4 Å². The number of rotatable bonds is 2. The molecule has 128 valence electrons. The predicted molar refractivity (Wildman–Crippen MR) is 87.5 cm³/mol. The summed E-state index contributed by atoms with van der Waals surface area (Å²) in [6, 6.07) is 5.28. The quantitative estimate of drug-likeness (QED) is 0.658. The van der Waals surface area contributed by atoms with Crippen LogP contribution in [0.25, 0.3) is 0 Å². The summed E-state index contributed by atoms with van der Waals surface area (Å²) in [6.45, 7) is 0.174. The summed E-state index contributed by atoms with van der Waals surface area (Å²) in [5.41, 5.74) is 4.87. The number of anilines is 1. The predicted octanol–water partition coefficient (Wildman–Crippen LogP) is 2.06. The van der Waals surface area contributed by atoms with E-state index in [2.05, 4.69) is 20.9 Å². The third kappa shape index (κ3) is 3.29. The number of benzene rings is 1. The molecule has 3 N–H and O–H groups in total. The Kier molecular flexibility index (Phi) is 4.36. The zero-order chi connectivity index (χ0) is 18.1. The third-order valence-electron chi connectivity index (χ3n) is 3.50. The van der Waals surface area contributed by atoms with Crippen molar-refractivity contribution in [1.29, 1.82) is 0 Å². The molecule has 0 radical (unpaired) electrons. The number of carbonyl (C=O) groups excluding carboxylic acids is 2. The average molecular weight is 409 g/mol. The first-order valence-electron chi connectivity index (χ1n) is 6.92. The van der Waals surface area contributed by atoms with E-state index < -0.39 is 23.7 Å². The fourth-order valence-corrected chi connectivity index (χ4v) is 2.94. The second-order valence-corrected chi connectivity index (χ2v) is 5.94. The van der Waals surface area contributed by atoms with Gasteiger partial charge in [-0.25, -0.2) is 14.6 Å². The smallest absolute Gasteiger partial charge is 0.423 e. The number of nitrogens with one attached hydrogen (secondary N) is 2. The van der Waals surface area contributed by atoms with Crippen molar-refractivity contribution in [2.75, 3.05) is 4.90 Å². The monoisotopic (exact) mass is 408 g/mol. The second-order valence-electron chi connectivity index (χ2n) is 5.09. The minimum atomic E-state index is -1.43. The first-order valence-corrected chi connectivity index (χ1v) is 7.71. The lowest BCUT2D eigenvalue weighted by molar-refractivity contribution is 0.0926. The van der Waals surface area contributed by atoms with Crippen LogP contribution in [0, 0.1) is 5.82 Å². The van der Waals surface area contributed by atoms with E-state index in [0.717, 1.165) is 0 Å². The number of aromatic nitrogens is 1. The van der Waals surface area contributed by atoms with Gasteiger partial charge in [0.25, 0.3) is 11.8 Å². The van der Waals surface area contributed by atoms with Crippen molar-refractivity contribution in [3.8, 4) is 0 Å². The summed E-state index contributed by atoms with van der Waals surface area (Å²) in [6.07, 6.45) is -0.181. The zero-order valence-corrected chi connectivity index (χ0v) is 14.0. The van der Waals surface area contributed by atoms with Gasteiger partial charge in [-0.2, -0.15) is 0 Å². The van der Waals surface area contributed by atoms with Gasteiger partial charge in [0, 0.05) is 10.7 Å². The molecule has 8 nitrogen and oxygen atoms in total. The Bertz CT molecular complexity index is 905. The lowest BCUT2D eigenvalue weighted by Crippen LogP contribution is -2.40. The normalized spacial score (nSPS) is 12.7. The van der Waals surface area contributed by atoms with Crippen LogP contribution in [-0.4, -0.2) is 28.0 Å². The van der Waals surface area contributed by atoms with Gasteiger partial charge in [0.05, 0.1) is 29.1 Å². The largest absolute Gasteiger partial charge is 0.464 e. The van der Waals surface area contributed by atoms with E-state index >= 15 is 0 Å². The van der Waals surface area contributed by atoms with Gasteiger partial charge in [0.1, 0.15) is 5.82 Å². The Labute approximate surface area is 148 Å². The molecule has 3 amide bonds. The van der Waals surface area contributed by atoms with Crippen molar-refractivity contribution in [3.05, 3.63) is 57.6 Å². The molecule has 0 spiro atoms. The van der Waals surface area contributed by atoms with Crippen molar-refractivity contribution < 1.29 is 23.9 Å². The summed E-state index contributed by atoms with van der Waals surface area (Å²) in [5.74, 6) is -1.58. The third-order valence-corrected chi connectivity index (χ3v) is 4.13. The summed E-state index contributed by atoms with van der Waals surface area (Å²) in [4.78, 5) is 40.3. The number of hydrogen-bond acceptors (Lipinski definition) is 4. The maximum Gasteiger partial charge on any atom is 0.423 e. The Morgan fingerprint density at radius 2 is 2.04 bits per heavy atom. The van der Waals surface area contributed by atoms with Crippen molar-refractivity contribution >= 4 is 39.5 Å². The Balaban J connectivity index is 1.87. The number of nitrogens with zero attached hydrogens (tertiary/aromatic N) is 2. The molecule has 0 fully saturated rings. The number of amides is 3. The summed E-state index contributed by atoms with van der Waals surface area (Å²) in [5, 5.41) is 8.48. The molecular weight excluding hydrogens is 399 g/mol. The number of pyridine rings is 1. The lowest BCUT2D eigenvalue weighted by Gasteiger charge is -2.17. The molecule has 0 unspecified atom stereocenters. The van der Waals surface area contributed by atoms with E-state index in [1.165, 1.54) is 35.4 Å². The van der Waals surface area contributed by atoms with Crippen LogP contribution in [0.5, 0.6) is 0 Å². The van der Waals surface area contributed by atoms with Gasteiger partial charge in [0.15, 0.2) is 0 Å². The number of carbonyl (C=O) groups is 3. The van der Waals surface area contributed by atoms with E-state index in [1.807, 2.05) is 5.43 Å². The van der Waals surface area contributed by atoms with Crippen LogP contribution in [0.15, 0.2) is 34.9 Å². The van der Waals surface area contributed by atoms with Gasteiger partial charge < -0.3 is 10.0 Å². The number of hydrazine groups is 1. The maximum atomic E-state index is 13.2. The molecule has 1 aliphatic heterocycles. The topological polar surface area (TPSA) is 112 Å². The molecule has 2 aromatic rings. The zero-order valence-electron chi connectivity index (χ0n) is 12.4. The van der Waals surface area contributed by atoms with Gasteiger partial charge in [0.2, 0.25) is 0 Å².